The summed E-state index contributed by atoms with van der Waals surface area (Å²) in [5, 5.41) is 1.14. The van der Waals surface area contributed by atoms with Crippen LogP contribution in [0.5, 0.6) is 0 Å². The van der Waals surface area contributed by atoms with Gasteiger partial charge >= 0.3 is 0 Å². The number of aromatic nitrogens is 2. The molecule has 6 heteroatoms. The van der Waals surface area contributed by atoms with E-state index >= 15 is 0 Å². The van der Waals surface area contributed by atoms with Crippen molar-refractivity contribution in [3.05, 3.63) is 17.3 Å². The number of nitrogens with zero attached hydrogens (tertiary/aromatic N) is 3. The minimum absolute atomic E-state index is 0.210. The zero-order chi connectivity index (χ0) is 14.8. The first-order chi connectivity index (χ1) is 10.2. The number of fused-ring (bicyclic) bond motifs is 1. The maximum absolute atomic E-state index is 11.1. The fourth-order valence-corrected chi connectivity index (χ4v) is 3.96. The summed E-state index contributed by atoms with van der Waals surface area (Å²) in [4.78, 5) is 24.7. The number of hydrogen-bond donors (Lipinski definition) is 1. The monoisotopic (exact) mass is 304 g/mol. The second-order valence-corrected chi connectivity index (χ2v) is 6.72. The highest BCUT2D eigenvalue weighted by Gasteiger charge is 2.24. The quantitative estimate of drug-likeness (QED) is 0.941. The molecule has 0 bridgehead atoms. The van der Waals surface area contributed by atoms with Crippen molar-refractivity contribution in [2.24, 2.45) is 11.7 Å². The van der Waals surface area contributed by atoms with E-state index in [-0.39, 0.29) is 5.91 Å². The second kappa shape index (κ2) is 5.97. The minimum Gasteiger partial charge on any atom is -0.370 e. The lowest BCUT2D eigenvalue weighted by atomic mass is 9.94. The van der Waals surface area contributed by atoms with Crippen LogP contribution in [0.25, 0.3) is 10.2 Å². The molecule has 2 aromatic heterocycles. The van der Waals surface area contributed by atoms with E-state index in [4.69, 9.17) is 5.73 Å². The van der Waals surface area contributed by atoms with Gasteiger partial charge in [-0.05, 0) is 31.2 Å². The Kier molecular flexibility index (Phi) is 4.05. The fraction of sp³-hybridized carbons (Fsp3) is 0.533. The van der Waals surface area contributed by atoms with Crippen molar-refractivity contribution in [3.63, 3.8) is 0 Å². The first kappa shape index (κ1) is 14.3. The van der Waals surface area contributed by atoms with Gasteiger partial charge in [0.05, 0.1) is 5.39 Å². The minimum atomic E-state index is -0.210. The Bertz CT molecular complexity index is 654. The summed E-state index contributed by atoms with van der Waals surface area (Å²) in [5.74, 6) is 1.13. The normalized spacial score (nSPS) is 19.1. The molecule has 1 unspecified atom stereocenters. The predicted molar refractivity (Wildman–Crippen MR) is 85.5 cm³/mol. The third kappa shape index (κ3) is 3.00. The van der Waals surface area contributed by atoms with E-state index in [0.29, 0.717) is 12.3 Å². The van der Waals surface area contributed by atoms with Crippen molar-refractivity contribution in [3.8, 4) is 0 Å². The number of nitrogens with two attached hydrogens (primary N) is 1. The Balaban J connectivity index is 1.88. The summed E-state index contributed by atoms with van der Waals surface area (Å²) in [6, 6.07) is 2.20. The zero-order valence-electron chi connectivity index (χ0n) is 12.2. The summed E-state index contributed by atoms with van der Waals surface area (Å²) in [6.45, 7) is 3.99. The average Bonchev–Trinajstić information content (AvgIpc) is 2.89. The van der Waals surface area contributed by atoms with Crippen molar-refractivity contribution >= 4 is 33.3 Å². The molecule has 1 aliphatic rings. The van der Waals surface area contributed by atoms with Crippen LogP contribution >= 0.6 is 11.3 Å². The van der Waals surface area contributed by atoms with Crippen molar-refractivity contribution < 1.29 is 4.79 Å². The first-order valence-corrected chi connectivity index (χ1v) is 8.25. The summed E-state index contributed by atoms with van der Waals surface area (Å²) in [5.41, 5.74) is 5.34. The zero-order valence-corrected chi connectivity index (χ0v) is 13.0. The molecule has 3 rings (SSSR count). The van der Waals surface area contributed by atoms with Crippen LogP contribution in [0, 0.1) is 5.92 Å². The van der Waals surface area contributed by atoms with Gasteiger partial charge in [-0.1, -0.05) is 6.92 Å². The van der Waals surface area contributed by atoms with E-state index in [1.54, 1.807) is 17.7 Å². The molecule has 5 nitrogen and oxygen atoms in total. The van der Waals surface area contributed by atoms with Gasteiger partial charge in [0, 0.05) is 24.4 Å². The lowest BCUT2D eigenvalue weighted by Crippen LogP contribution is -2.37. The standard InChI is InChI=1S/C15H20N4OS/c1-2-11-7-12-14(17-9-18-15(12)21-11)19-5-3-4-10(8-19)6-13(16)20/h7,9-10H,2-6,8H2,1H3,(H2,16,20). The van der Waals surface area contributed by atoms with Crippen molar-refractivity contribution in [1.82, 2.24) is 9.97 Å². The lowest BCUT2D eigenvalue weighted by molar-refractivity contribution is -0.118. The third-order valence-corrected chi connectivity index (χ3v) is 5.20. The Hall–Kier alpha value is -1.69. The Morgan fingerprint density at radius 1 is 1.52 bits per heavy atom. The number of thiophene rings is 1. The number of aryl methyl sites for hydroxylation is 1. The van der Waals surface area contributed by atoms with E-state index in [1.165, 1.54) is 4.88 Å². The van der Waals surface area contributed by atoms with Crippen LogP contribution in [0.1, 0.15) is 31.1 Å². The summed E-state index contributed by atoms with van der Waals surface area (Å²) in [7, 11) is 0. The SMILES string of the molecule is CCc1cc2c(N3CCCC(CC(N)=O)C3)ncnc2s1. The molecule has 21 heavy (non-hydrogen) atoms. The van der Waals surface area contributed by atoms with Gasteiger partial charge in [0.1, 0.15) is 17.0 Å². The molecule has 0 spiro atoms. The summed E-state index contributed by atoms with van der Waals surface area (Å²) in [6.07, 6.45) is 5.27. The van der Waals surface area contributed by atoms with Gasteiger partial charge in [0.15, 0.2) is 0 Å². The van der Waals surface area contributed by atoms with E-state index < -0.39 is 0 Å². The number of primary amides is 1. The van der Waals surface area contributed by atoms with Gasteiger partial charge in [-0.25, -0.2) is 9.97 Å². The molecule has 1 saturated heterocycles. The summed E-state index contributed by atoms with van der Waals surface area (Å²) < 4.78 is 0. The predicted octanol–water partition coefficient (Wildman–Crippen LogP) is 2.35. The van der Waals surface area contributed by atoms with E-state index in [9.17, 15) is 4.79 Å². The topological polar surface area (TPSA) is 72.1 Å². The Morgan fingerprint density at radius 3 is 3.14 bits per heavy atom. The molecule has 1 aliphatic heterocycles. The van der Waals surface area contributed by atoms with Gasteiger partial charge in [-0.3, -0.25) is 4.79 Å². The first-order valence-electron chi connectivity index (χ1n) is 7.44. The number of amides is 1. The smallest absolute Gasteiger partial charge is 0.217 e. The van der Waals surface area contributed by atoms with Gasteiger partial charge in [-0.15, -0.1) is 11.3 Å². The highest BCUT2D eigenvalue weighted by molar-refractivity contribution is 7.18. The van der Waals surface area contributed by atoms with Crippen LogP contribution in [0.15, 0.2) is 12.4 Å². The number of hydrogen-bond acceptors (Lipinski definition) is 5. The average molecular weight is 304 g/mol. The number of anilines is 1. The van der Waals surface area contributed by atoms with Crippen molar-refractivity contribution in [2.45, 2.75) is 32.6 Å². The molecular formula is C15H20N4OS. The largest absolute Gasteiger partial charge is 0.370 e. The Morgan fingerprint density at radius 2 is 2.38 bits per heavy atom. The molecular weight excluding hydrogens is 284 g/mol. The van der Waals surface area contributed by atoms with E-state index in [2.05, 4.69) is 27.9 Å². The van der Waals surface area contributed by atoms with Gasteiger partial charge < -0.3 is 10.6 Å². The Labute approximate surface area is 128 Å². The van der Waals surface area contributed by atoms with Crippen molar-refractivity contribution in [2.75, 3.05) is 18.0 Å². The van der Waals surface area contributed by atoms with Crippen LogP contribution < -0.4 is 10.6 Å². The van der Waals surface area contributed by atoms with Crippen molar-refractivity contribution in [1.29, 1.82) is 0 Å². The molecule has 1 fully saturated rings. The van der Waals surface area contributed by atoms with Crippen LogP contribution in [0.2, 0.25) is 0 Å². The van der Waals surface area contributed by atoms with Crippen LogP contribution in [0.4, 0.5) is 5.82 Å². The molecule has 0 saturated carbocycles. The maximum atomic E-state index is 11.1. The van der Waals surface area contributed by atoms with E-state index in [1.807, 2.05) is 0 Å². The lowest BCUT2D eigenvalue weighted by Gasteiger charge is -2.33. The highest BCUT2D eigenvalue weighted by atomic mass is 32.1. The molecule has 1 amide bonds. The maximum Gasteiger partial charge on any atom is 0.217 e. The molecule has 0 aliphatic carbocycles. The third-order valence-electron chi connectivity index (χ3n) is 4.02. The van der Waals surface area contributed by atoms with E-state index in [0.717, 1.165) is 48.4 Å². The van der Waals surface area contributed by atoms with Gasteiger partial charge in [0.25, 0.3) is 0 Å². The van der Waals surface area contributed by atoms with Gasteiger partial charge in [0.2, 0.25) is 5.91 Å². The molecule has 2 aromatic rings. The second-order valence-electron chi connectivity index (χ2n) is 5.61. The number of piperidine rings is 1. The van der Waals surface area contributed by atoms with Crippen LogP contribution in [-0.2, 0) is 11.2 Å². The molecule has 2 N–H and O–H groups in total. The molecule has 0 radical (unpaired) electrons. The fourth-order valence-electron chi connectivity index (χ4n) is 3.03. The highest BCUT2D eigenvalue weighted by Crippen LogP contribution is 2.32. The number of carbonyl (C=O) groups excluding carboxylic acids is 1. The molecule has 3 heterocycles. The number of rotatable bonds is 4. The van der Waals surface area contributed by atoms with Crippen LogP contribution in [-0.4, -0.2) is 29.0 Å². The van der Waals surface area contributed by atoms with Crippen LogP contribution in [0.3, 0.4) is 0 Å². The molecule has 0 aromatic carbocycles. The summed E-state index contributed by atoms with van der Waals surface area (Å²) >= 11 is 1.73. The van der Waals surface area contributed by atoms with Gasteiger partial charge in [-0.2, -0.15) is 0 Å². The molecule has 112 valence electrons. The number of carbonyl (C=O) groups is 1. The molecule has 1 atom stereocenters.